The van der Waals surface area contributed by atoms with Gasteiger partial charge >= 0.3 is 0 Å². The molecular weight excluding hydrogens is 822 g/mol. The molecule has 0 aliphatic rings. The summed E-state index contributed by atoms with van der Waals surface area (Å²) in [6, 6.07) is 43.2. The van der Waals surface area contributed by atoms with Gasteiger partial charge < -0.3 is 67.6 Å². The van der Waals surface area contributed by atoms with Crippen molar-refractivity contribution in [2.24, 2.45) is 0 Å². The number of quaternary nitrogens is 4. The topological polar surface area (TPSA) is 0 Å². The summed E-state index contributed by atoms with van der Waals surface area (Å²) in [4.78, 5) is 0. The molecule has 4 aromatic carbocycles. The summed E-state index contributed by atoms with van der Waals surface area (Å²) in [7, 11) is 0. The van der Waals surface area contributed by atoms with Crippen LogP contribution in [0.4, 0.5) is 0 Å². The third-order valence-electron chi connectivity index (χ3n) is 13.5. The van der Waals surface area contributed by atoms with Crippen LogP contribution in [0.2, 0.25) is 0 Å². The number of hydrogen-bond donors (Lipinski definition) is 0. The highest BCUT2D eigenvalue weighted by molar-refractivity contribution is 5.15. The van der Waals surface area contributed by atoms with E-state index < -0.39 is 0 Å². The molecule has 344 valence electrons. The molecule has 8 heteroatoms. The summed E-state index contributed by atoms with van der Waals surface area (Å²) < 4.78 is 4.79. The van der Waals surface area contributed by atoms with Crippen LogP contribution in [0, 0.1) is 0 Å². The second-order valence-electron chi connectivity index (χ2n) is 15.7. The second kappa shape index (κ2) is 36.4. The Kier molecular flexibility index (Phi) is 39.1. The van der Waals surface area contributed by atoms with Gasteiger partial charge in [-0.2, -0.15) is 0 Å². The van der Waals surface area contributed by atoms with Gasteiger partial charge in [0.15, 0.2) is 0 Å². The van der Waals surface area contributed by atoms with Gasteiger partial charge in [0.2, 0.25) is 0 Å². The lowest BCUT2D eigenvalue weighted by molar-refractivity contribution is -0.936. The van der Waals surface area contributed by atoms with E-state index in [4.69, 9.17) is 0 Å². The molecule has 0 heterocycles. The zero-order valence-electron chi connectivity index (χ0n) is 40.2. The van der Waals surface area contributed by atoms with Crippen LogP contribution in [0.1, 0.15) is 105 Å². The lowest BCUT2D eigenvalue weighted by atomic mass is 10.2. The molecule has 0 fully saturated rings. The SMILES string of the molecule is CC[N+](CC)(CC)Cc1ccccc1.CC[N+](CC)(CC)Cc1ccccc1.CC[N+](CC)(CC)Cc1ccccc1.CC[N+](CC)(CC)Cc1ccccc1.[Cl-].[Cl-].[Cl-].[Cl-]. The summed E-state index contributed by atoms with van der Waals surface area (Å²) in [5.74, 6) is 0. The summed E-state index contributed by atoms with van der Waals surface area (Å²) in [5, 5.41) is 0. The van der Waals surface area contributed by atoms with Crippen molar-refractivity contribution < 1.29 is 67.6 Å². The molecule has 0 spiro atoms. The Morgan fingerprint density at radius 1 is 0.217 bits per heavy atom. The van der Waals surface area contributed by atoms with E-state index in [1.807, 2.05) is 0 Å². The highest BCUT2D eigenvalue weighted by Crippen LogP contribution is 2.16. The van der Waals surface area contributed by atoms with Gasteiger partial charge in [-0.15, -0.1) is 0 Å². The summed E-state index contributed by atoms with van der Waals surface area (Å²) in [6.07, 6.45) is 0. The fourth-order valence-electron chi connectivity index (χ4n) is 7.91. The van der Waals surface area contributed by atoms with E-state index in [1.165, 1.54) is 145 Å². The van der Waals surface area contributed by atoms with Crippen LogP contribution in [-0.2, 0) is 26.2 Å². The minimum Gasteiger partial charge on any atom is -1.00 e. The van der Waals surface area contributed by atoms with Gasteiger partial charge in [-0.05, 0) is 83.1 Å². The zero-order chi connectivity index (χ0) is 41.8. The van der Waals surface area contributed by atoms with E-state index in [2.05, 4.69) is 204 Å². The largest absolute Gasteiger partial charge is 1.00 e. The van der Waals surface area contributed by atoms with E-state index in [0.717, 1.165) is 0 Å². The Labute approximate surface area is 396 Å². The fourth-order valence-corrected chi connectivity index (χ4v) is 7.91. The molecule has 0 atom stereocenters. The van der Waals surface area contributed by atoms with Crippen LogP contribution in [0.3, 0.4) is 0 Å². The van der Waals surface area contributed by atoms with Crippen LogP contribution in [0.15, 0.2) is 121 Å². The van der Waals surface area contributed by atoms with Crippen molar-refractivity contribution in [3.63, 3.8) is 0 Å². The maximum Gasteiger partial charge on any atom is 0.104 e. The van der Waals surface area contributed by atoms with Crippen LogP contribution in [-0.4, -0.2) is 96.5 Å². The van der Waals surface area contributed by atoms with Crippen LogP contribution in [0.5, 0.6) is 0 Å². The molecule has 0 unspecified atom stereocenters. The number of nitrogens with zero attached hydrogens (tertiary/aromatic N) is 4. The Morgan fingerprint density at radius 3 is 0.433 bits per heavy atom. The van der Waals surface area contributed by atoms with Crippen molar-refractivity contribution >= 4 is 0 Å². The van der Waals surface area contributed by atoms with Gasteiger partial charge in [-0.25, -0.2) is 0 Å². The highest BCUT2D eigenvalue weighted by atomic mass is 35.5. The first-order valence-electron chi connectivity index (χ1n) is 22.6. The van der Waals surface area contributed by atoms with Crippen LogP contribution < -0.4 is 49.6 Å². The molecule has 4 aromatic rings. The van der Waals surface area contributed by atoms with Crippen molar-refractivity contribution in [1.82, 2.24) is 0 Å². The Hall–Kier alpha value is -2.12. The molecule has 0 aliphatic carbocycles. The average Bonchev–Trinajstić information content (AvgIpc) is 3.28. The quantitative estimate of drug-likeness (QED) is 0.112. The maximum absolute atomic E-state index is 2.29. The third-order valence-corrected chi connectivity index (χ3v) is 13.5. The van der Waals surface area contributed by atoms with Gasteiger partial charge in [-0.1, -0.05) is 121 Å². The van der Waals surface area contributed by atoms with Gasteiger partial charge in [0, 0.05) is 22.3 Å². The fraction of sp³-hybridized carbons (Fsp3) is 0.538. The predicted octanol–water partition coefficient (Wildman–Crippen LogP) is 0.268. The van der Waals surface area contributed by atoms with Crippen LogP contribution >= 0.6 is 0 Å². The minimum atomic E-state index is 0. The molecule has 0 bridgehead atoms. The molecule has 0 amide bonds. The van der Waals surface area contributed by atoms with Gasteiger partial charge in [-0.3, -0.25) is 0 Å². The van der Waals surface area contributed by atoms with E-state index in [0.29, 0.717) is 0 Å². The Balaban J connectivity index is -0.000000341. The molecule has 4 rings (SSSR count). The maximum atomic E-state index is 2.29. The van der Waals surface area contributed by atoms with Gasteiger partial charge in [0.05, 0.1) is 78.5 Å². The number of hydrogen-bond acceptors (Lipinski definition) is 0. The smallest absolute Gasteiger partial charge is 0.104 e. The first-order valence-corrected chi connectivity index (χ1v) is 22.6. The third kappa shape index (κ3) is 22.8. The monoisotopic (exact) mass is 909 g/mol. The van der Waals surface area contributed by atoms with E-state index in [1.54, 1.807) is 0 Å². The van der Waals surface area contributed by atoms with Crippen molar-refractivity contribution in [1.29, 1.82) is 0 Å². The zero-order valence-corrected chi connectivity index (χ0v) is 43.2. The van der Waals surface area contributed by atoms with Crippen molar-refractivity contribution in [2.45, 2.75) is 109 Å². The standard InChI is InChI=1S/4C13H22N.4ClH/c4*1-4-14(5-2,6-3)12-13-10-8-7-9-11-13;;;;/h4*7-11H,4-6,12H2,1-3H3;4*1H/q4*+1;;;;/p-4. The van der Waals surface area contributed by atoms with Crippen molar-refractivity contribution in [3.8, 4) is 0 Å². The Bertz CT molecular complexity index is 1210. The Morgan fingerprint density at radius 2 is 0.333 bits per heavy atom. The first kappa shape index (κ1) is 64.5. The van der Waals surface area contributed by atoms with Gasteiger partial charge in [0.1, 0.15) is 26.2 Å². The molecule has 60 heavy (non-hydrogen) atoms. The molecule has 0 saturated carbocycles. The number of halogens is 4. The molecular formula is C52H88Cl4N4. The minimum absolute atomic E-state index is 0. The lowest BCUT2D eigenvalue weighted by Crippen LogP contribution is -3.00. The summed E-state index contributed by atoms with van der Waals surface area (Å²) >= 11 is 0. The molecule has 0 N–H and O–H groups in total. The molecule has 0 radical (unpaired) electrons. The molecule has 0 aliphatic heterocycles. The molecule has 4 nitrogen and oxygen atoms in total. The molecule has 0 aromatic heterocycles. The second-order valence-corrected chi connectivity index (χ2v) is 15.7. The lowest BCUT2D eigenvalue weighted by Gasteiger charge is -2.35. The van der Waals surface area contributed by atoms with Crippen molar-refractivity contribution in [2.75, 3.05) is 78.5 Å². The van der Waals surface area contributed by atoms with Gasteiger partial charge in [0.25, 0.3) is 0 Å². The number of rotatable bonds is 20. The average molecular weight is 911 g/mol. The van der Waals surface area contributed by atoms with E-state index >= 15 is 0 Å². The van der Waals surface area contributed by atoms with E-state index in [9.17, 15) is 0 Å². The predicted molar refractivity (Wildman–Crippen MR) is 248 cm³/mol. The highest BCUT2D eigenvalue weighted by Gasteiger charge is 2.23. The van der Waals surface area contributed by atoms with Crippen LogP contribution in [0.25, 0.3) is 0 Å². The first-order chi connectivity index (χ1) is 27.0. The number of benzene rings is 4. The molecule has 0 saturated heterocycles. The summed E-state index contributed by atoms with van der Waals surface area (Å²) in [5.41, 5.74) is 5.83. The van der Waals surface area contributed by atoms with E-state index in [-0.39, 0.29) is 49.6 Å². The summed E-state index contributed by atoms with van der Waals surface area (Å²) in [6.45, 7) is 46.8. The normalized spacial score (nSPS) is 10.9. The van der Waals surface area contributed by atoms with Crippen molar-refractivity contribution in [3.05, 3.63) is 144 Å².